The monoisotopic (exact) mass is 245 g/mol. The molecule has 3 nitrogen and oxygen atoms in total. The highest BCUT2D eigenvalue weighted by atomic mass is 15.3. The lowest BCUT2D eigenvalue weighted by Gasteiger charge is -2.42. The standard InChI is InChI=1S/C15H23N3/c1-11-10-17(2)7-8-18(11)15-6-3-12-9-13(16)4-5-14(12)15/h4-5,9,11,15H,3,6-8,10,16H2,1-2H3. The van der Waals surface area contributed by atoms with Crippen LogP contribution in [-0.2, 0) is 6.42 Å². The lowest BCUT2D eigenvalue weighted by molar-refractivity contribution is 0.0610. The third-order valence-corrected chi connectivity index (χ3v) is 4.50. The fourth-order valence-electron chi connectivity index (χ4n) is 3.58. The number of fused-ring (bicyclic) bond motifs is 1. The Labute approximate surface area is 110 Å². The van der Waals surface area contributed by atoms with Crippen LogP contribution in [-0.4, -0.2) is 42.5 Å². The summed E-state index contributed by atoms with van der Waals surface area (Å²) in [6, 6.07) is 7.72. The molecule has 3 rings (SSSR count). The van der Waals surface area contributed by atoms with E-state index >= 15 is 0 Å². The summed E-state index contributed by atoms with van der Waals surface area (Å²) in [5, 5.41) is 0. The summed E-state index contributed by atoms with van der Waals surface area (Å²) >= 11 is 0. The van der Waals surface area contributed by atoms with Crippen molar-refractivity contribution in [3.8, 4) is 0 Å². The minimum atomic E-state index is 0.615. The fourth-order valence-corrected chi connectivity index (χ4v) is 3.58. The van der Waals surface area contributed by atoms with Crippen molar-refractivity contribution < 1.29 is 0 Å². The lowest BCUT2D eigenvalue weighted by Crippen LogP contribution is -2.51. The van der Waals surface area contributed by atoms with Crippen LogP contribution in [0.4, 0.5) is 5.69 Å². The van der Waals surface area contributed by atoms with Crippen molar-refractivity contribution in [3.05, 3.63) is 29.3 Å². The van der Waals surface area contributed by atoms with E-state index in [1.165, 1.54) is 43.6 Å². The van der Waals surface area contributed by atoms with E-state index in [1.807, 2.05) is 0 Å². The summed E-state index contributed by atoms with van der Waals surface area (Å²) in [5.41, 5.74) is 9.76. The number of aryl methyl sites for hydroxylation is 1. The van der Waals surface area contributed by atoms with Crippen LogP contribution in [0, 0.1) is 0 Å². The Morgan fingerprint density at radius 2 is 2.11 bits per heavy atom. The molecule has 0 radical (unpaired) electrons. The van der Waals surface area contributed by atoms with Crippen LogP contribution < -0.4 is 5.73 Å². The van der Waals surface area contributed by atoms with Gasteiger partial charge in [0.15, 0.2) is 0 Å². The molecule has 1 aliphatic heterocycles. The van der Waals surface area contributed by atoms with Gasteiger partial charge in [-0.2, -0.15) is 0 Å². The molecule has 0 amide bonds. The zero-order valence-corrected chi connectivity index (χ0v) is 11.4. The lowest BCUT2D eigenvalue weighted by atomic mass is 10.0. The number of nitrogen functional groups attached to an aromatic ring is 1. The van der Waals surface area contributed by atoms with Gasteiger partial charge in [0.05, 0.1) is 0 Å². The number of nitrogens with two attached hydrogens (primary N) is 1. The Bertz CT molecular complexity index is 443. The van der Waals surface area contributed by atoms with Gasteiger partial charge < -0.3 is 10.6 Å². The smallest absolute Gasteiger partial charge is 0.0357 e. The van der Waals surface area contributed by atoms with Gasteiger partial charge >= 0.3 is 0 Å². The van der Waals surface area contributed by atoms with Gasteiger partial charge in [-0.25, -0.2) is 0 Å². The van der Waals surface area contributed by atoms with Crippen LogP contribution in [0.25, 0.3) is 0 Å². The Morgan fingerprint density at radius 1 is 1.28 bits per heavy atom. The van der Waals surface area contributed by atoms with Crippen LogP contribution in [0.3, 0.4) is 0 Å². The first-order valence-corrected chi connectivity index (χ1v) is 6.98. The molecule has 98 valence electrons. The van der Waals surface area contributed by atoms with Crippen molar-refractivity contribution in [2.45, 2.75) is 31.8 Å². The molecule has 1 fully saturated rings. The van der Waals surface area contributed by atoms with Crippen molar-refractivity contribution >= 4 is 5.69 Å². The van der Waals surface area contributed by atoms with E-state index in [4.69, 9.17) is 5.73 Å². The van der Waals surface area contributed by atoms with Gasteiger partial charge in [-0.3, -0.25) is 4.90 Å². The molecule has 2 N–H and O–H groups in total. The van der Waals surface area contributed by atoms with E-state index in [0.29, 0.717) is 12.1 Å². The second-order valence-electron chi connectivity index (χ2n) is 5.86. The summed E-state index contributed by atoms with van der Waals surface area (Å²) in [7, 11) is 2.22. The van der Waals surface area contributed by atoms with E-state index in [-0.39, 0.29) is 0 Å². The maximum atomic E-state index is 5.88. The Morgan fingerprint density at radius 3 is 2.89 bits per heavy atom. The number of rotatable bonds is 1. The molecule has 2 unspecified atom stereocenters. The molecule has 1 aromatic carbocycles. The third kappa shape index (κ3) is 2.02. The van der Waals surface area contributed by atoms with Crippen LogP contribution in [0.15, 0.2) is 18.2 Å². The Hall–Kier alpha value is -1.06. The summed E-state index contributed by atoms with van der Waals surface area (Å²) in [6.07, 6.45) is 2.44. The van der Waals surface area contributed by atoms with Gasteiger partial charge in [0.25, 0.3) is 0 Å². The SMILES string of the molecule is CC1CN(C)CCN1C1CCc2cc(N)ccc21. The van der Waals surface area contributed by atoms with Crippen LogP contribution in [0.5, 0.6) is 0 Å². The molecule has 0 aromatic heterocycles. The summed E-state index contributed by atoms with van der Waals surface area (Å²) in [6.45, 7) is 5.91. The summed E-state index contributed by atoms with van der Waals surface area (Å²) < 4.78 is 0. The van der Waals surface area contributed by atoms with E-state index in [1.54, 1.807) is 0 Å². The van der Waals surface area contributed by atoms with Gasteiger partial charge in [-0.05, 0) is 50.1 Å². The van der Waals surface area contributed by atoms with Gasteiger partial charge in [0, 0.05) is 37.4 Å². The molecule has 18 heavy (non-hydrogen) atoms. The molecule has 2 atom stereocenters. The highest BCUT2D eigenvalue weighted by Crippen LogP contribution is 2.38. The van der Waals surface area contributed by atoms with Crippen molar-refractivity contribution in [3.63, 3.8) is 0 Å². The minimum Gasteiger partial charge on any atom is -0.399 e. The Kier molecular flexibility index (Phi) is 3.04. The van der Waals surface area contributed by atoms with E-state index < -0.39 is 0 Å². The maximum absolute atomic E-state index is 5.88. The Balaban J connectivity index is 1.83. The quantitative estimate of drug-likeness (QED) is 0.767. The molecule has 1 saturated heterocycles. The number of hydrogen-bond acceptors (Lipinski definition) is 3. The predicted octanol–water partition coefficient (Wildman–Crippen LogP) is 1.89. The molecule has 0 bridgehead atoms. The molecule has 0 spiro atoms. The second-order valence-corrected chi connectivity index (χ2v) is 5.86. The molecule has 3 heteroatoms. The maximum Gasteiger partial charge on any atom is 0.0357 e. The van der Waals surface area contributed by atoms with Crippen molar-refractivity contribution in [2.24, 2.45) is 0 Å². The molecule has 1 aliphatic carbocycles. The van der Waals surface area contributed by atoms with Gasteiger partial charge in [-0.15, -0.1) is 0 Å². The molecular formula is C15H23N3. The predicted molar refractivity (Wildman–Crippen MR) is 75.6 cm³/mol. The number of benzene rings is 1. The second kappa shape index (κ2) is 4.56. The van der Waals surface area contributed by atoms with Crippen molar-refractivity contribution in [1.82, 2.24) is 9.80 Å². The topological polar surface area (TPSA) is 32.5 Å². The van der Waals surface area contributed by atoms with E-state index in [9.17, 15) is 0 Å². The number of piperazine rings is 1. The molecular weight excluding hydrogens is 222 g/mol. The van der Waals surface area contributed by atoms with Gasteiger partial charge in [-0.1, -0.05) is 6.07 Å². The van der Waals surface area contributed by atoms with Crippen LogP contribution >= 0.6 is 0 Å². The van der Waals surface area contributed by atoms with Gasteiger partial charge in [0.2, 0.25) is 0 Å². The number of hydrogen-bond donors (Lipinski definition) is 1. The molecule has 0 saturated carbocycles. The van der Waals surface area contributed by atoms with Gasteiger partial charge in [0.1, 0.15) is 0 Å². The first-order valence-electron chi connectivity index (χ1n) is 6.98. The summed E-state index contributed by atoms with van der Waals surface area (Å²) in [4.78, 5) is 5.11. The first-order chi connectivity index (χ1) is 8.65. The molecule has 2 aliphatic rings. The highest BCUT2D eigenvalue weighted by Gasteiger charge is 2.33. The number of likely N-dealkylation sites (N-methyl/N-ethyl adjacent to an activating group) is 1. The minimum absolute atomic E-state index is 0.615. The zero-order chi connectivity index (χ0) is 12.7. The average molecular weight is 245 g/mol. The zero-order valence-electron chi connectivity index (χ0n) is 11.4. The fraction of sp³-hybridized carbons (Fsp3) is 0.600. The van der Waals surface area contributed by atoms with Crippen molar-refractivity contribution in [1.29, 1.82) is 0 Å². The average Bonchev–Trinajstić information content (AvgIpc) is 2.72. The van der Waals surface area contributed by atoms with Crippen molar-refractivity contribution in [2.75, 3.05) is 32.4 Å². The summed E-state index contributed by atoms with van der Waals surface area (Å²) in [5.74, 6) is 0. The first kappa shape index (κ1) is 12.0. The normalized spacial score (nSPS) is 29.4. The molecule has 1 aromatic rings. The third-order valence-electron chi connectivity index (χ3n) is 4.50. The molecule has 1 heterocycles. The van der Waals surface area contributed by atoms with Crippen LogP contribution in [0.2, 0.25) is 0 Å². The number of anilines is 1. The van der Waals surface area contributed by atoms with E-state index in [0.717, 1.165) is 5.69 Å². The number of nitrogens with zero attached hydrogens (tertiary/aromatic N) is 2. The van der Waals surface area contributed by atoms with E-state index in [2.05, 4.69) is 42.0 Å². The van der Waals surface area contributed by atoms with Crippen LogP contribution in [0.1, 0.15) is 30.5 Å². The largest absolute Gasteiger partial charge is 0.399 e. The highest BCUT2D eigenvalue weighted by molar-refractivity contribution is 5.47.